The third-order valence-electron chi connectivity index (χ3n) is 4.55. The molecule has 1 heterocycles. The van der Waals surface area contributed by atoms with Gasteiger partial charge >= 0.3 is 6.18 Å². The van der Waals surface area contributed by atoms with Gasteiger partial charge < -0.3 is 10.2 Å². The van der Waals surface area contributed by atoms with E-state index in [9.17, 15) is 22.8 Å². The minimum Gasteiger partial charge on any atom is -0.340 e. The average molecular weight is 390 g/mol. The second-order valence-electron chi connectivity index (χ2n) is 6.62. The molecule has 1 aromatic carbocycles. The second kappa shape index (κ2) is 7.44. The van der Waals surface area contributed by atoms with E-state index in [0.717, 1.165) is 31.0 Å². The van der Waals surface area contributed by atoms with Crippen LogP contribution in [-0.2, 0) is 15.8 Å². The van der Waals surface area contributed by atoms with Crippen molar-refractivity contribution in [3.63, 3.8) is 0 Å². The van der Waals surface area contributed by atoms with Gasteiger partial charge in [-0.05, 0) is 31.0 Å². The highest BCUT2D eigenvalue weighted by atomic mass is 35.5. The molecule has 1 aliphatic carbocycles. The van der Waals surface area contributed by atoms with E-state index in [1.54, 1.807) is 0 Å². The van der Waals surface area contributed by atoms with Crippen molar-refractivity contribution < 1.29 is 22.8 Å². The molecule has 1 saturated carbocycles. The van der Waals surface area contributed by atoms with E-state index in [0.29, 0.717) is 26.2 Å². The molecule has 1 aliphatic heterocycles. The van der Waals surface area contributed by atoms with Crippen molar-refractivity contribution in [3.8, 4) is 0 Å². The molecule has 9 heteroatoms. The van der Waals surface area contributed by atoms with Gasteiger partial charge in [0.15, 0.2) is 0 Å². The summed E-state index contributed by atoms with van der Waals surface area (Å²) in [7, 11) is 0. The molecule has 3 rings (SSSR count). The van der Waals surface area contributed by atoms with Gasteiger partial charge in [-0.25, -0.2) is 0 Å². The van der Waals surface area contributed by atoms with Crippen LogP contribution in [0.2, 0.25) is 5.02 Å². The lowest BCUT2D eigenvalue weighted by molar-refractivity contribution is -0.137. The number of carbonyl (C=O) groups is 2. The number of nitrogens with one attached hydrogen (secondary N) is 1. The molecule has 142 valence electrons. The molecule has 2 aliphatic rings. The summed E-state index contributed by atoms with van der Waals surface area (Å²) in [5.74, 6) is -0.0778. The summed E-state index contributed by atoms with van der Waals surface area (Å²) in [5, 5.41) is 2.49. The summed E-state index contributed by atoms with van der Waals surface area (Å²) < 4.78 is 38.3. The SMILES string of the molecule is O=C(CN1CCN(C(=O)C2CC2)CC1)Nc1cc(C(F)(F)F)ccc1Cl. The van der Waals surface area contributed by atoms with Gasteiger partial charge in [-0.15, -0.1) is 0 Å². The topological polar surface area (TPSA) is 52.7 Å². The number of carbonyl (C=O) groups excluding carboxylic acids is 2. The molecule has 5 nitrogen and oxygen atoms in total. The van der Waals surface area contributed by atoms with Gasteiger partial charge in [-0.3, -0.25) is 14.5 Å². The lowest BCUT2D eigenvalue weighted by Crippen LogP contribution is -2.50. The molecule has 1 saturated heterocycles. The van der Waals surface area contributed by atoms with Gasteiger partial charge in [-0.2, -0.15) is 13.2 Å². The second-order valence-corrected chi connectivity index (χ2v) is 7.02. The lowest BCUT2D eigenvalue weighted by atomic mass is 10.2. The maximum Gasteiger partial charge on any atom is 0.416 e. The van der Waals surface area contributed by atoms with Crippen LogP contribution in [0.3, 0.4) is 0 Å². The number of anilines is 1. The van der Waals surface area contributed by atoms with E-state index in [1.165, 1.54) is 0 Å². The molecule has 0 atom stereocenters. The van der Waals surface area contributed by atoms with Gasteiger partial charge in [0.25, 0.3) is 0 Å². The molecule has 0 radical (unpaired) electrons. The van der Waals surface area contributed by atoms with Crippen LogP contribution in [0.25, 0.3) is 0 Å². The normalized spacial score (nSPS) is 18.7. The molecule has 26 heavy (non-hydrogen) atoms. The lowest BCUT2D eigenvalue weighted by Gasteiger charge is -2.34. The van der Waals surface area contributed by atoms with Crippen LogP contribution in [0.5, 0.6) is 0 Å². The number of rotatable bonds is 4. The quantitative estimate of drug-likeness (QED) is 0.861. The van der Waals surface area contributed by atoms with Crippen LogP contribution in [-0.4, -0.2) is 54.3 Å². The number of amides is 2. The largest absolute Gasteiger partial charge is 0.416 e. The van der Waals surface area contributed by atoms with Gasteiger partial charge in [0, 0.05) is 32.1 Å². The summed E-state index contributed by atoms with van der Waals surface area (Å²) in [4.78, 5) is 27.8. The van der Waals surface area contributed by atoms with Crippen molar-refractivity contribution in [2.24, 2.45) is 5.92 Å². The minimum absolute atomic E-state index is 0.0397. The first kappa shape index (κ1) is 19.0. The number of halogens is 4. The molecule has 1 N–H and O–H groups in total. The average Bonchev–Trinajstić information content (AvgIpc) is 3.41. The first-order chi connectivity index (χ1) is 12.2. The zero-order valence-corrected chi connectivity index (χ0v) is 14.7. The smallest absolute Gasteiger partial charge is 0.340 e. The maximum atomic E-state index is 12.8. The Morgan fingerprint density at radius 2 is 1.81 bits per heavy atom. The Hall–Kier alpha value is -1.80. The Bertz CT molecular complexity index is 699. The van der Waals surface area contributed by atoms with Crippen LogP contribution >= 0.6 is 11.6 Å². The first-order valence-corrected chi connectivity index (χ1v) is 8.79. The van der Waals surface area contributed by atoms with Crippen molar-refractivity contribution in [1.82, 2.24) is 9.80 Å². The summed E-state index contributed by atoms with van der Waals surface area (Å²) in [6, 6.07) is 2.81. The van der Waals surface area contributed by atoms with E-state index in [4.69, 9.17) is 11.6 Å². The van der Waals surface area contributed by atoms with E-state index >= 15 is 0 Å². The van der Waals surface area contributed by atoms with Crippen molar-refractivity contribution in [3.05, 3.63) is 28.8 Å². The van der Waals surface area contributed by atoms with Crippen molar-refractivity contribution in [2.45, 2.75) is 19.0 Å². The Labute approximate surface area is 154 Å². The molecule has 2 amide bonds. The highest BCUT2D eigenvalue weighted by Gasteiger charge is 2.35. The predicted octanol–water partition coefficient (Wildman–Crippen LogP) is 2.85. The number of benzene rings is 1. The van der Waals surface area contributed by atoms with E-state index < -0.39 is 17.6 Å². The first-order valence-electron chi connectivity index (χ1n) is 8.42. The number of hydrogen-bond donors (Lipinski definition) is 1. The Kier molecular flexibility index (Phi) is 5.43. The third-order valence-corrected chi connectivity index (χ3v) is 4.88. The molecular weight excluding hydrogens is 371 g/mol. The predicted molar refractivity (Wildman–Crippen MR) is 90.8 cm³/mol. The van der Waals surface area contributed by atoms with Crippen molar-refractivity contribution in [1.29, 1.82) is 0 Å². The van der Waals surface area contributed by atoms with E-state index in [1.807, 2.05) is 9.80 Å². The molecule has 0 aromatic heterocycles. The molecular formula is C17H19ClF3N3O2. The Balaban J connectivity index is 1.52. The molecule has 0 bridgehead atoms. The number of alkyl halides is 3. The van der Waals surface area contributed by atoms with Gasteiger partial charge in [0.05, 0.1) is 22.8 Å². The summed E-state index contributed by atoms with van der Waals surface area (Å²) >= 11 is 5.88. The van der Waals surface area contributed by atoms with Crippen LogP contribution < -0.4 is 5.32 Å². The zero-order valence-electron chi connectivity index (χ0n) is 14.0. The summed E-state index contributed by atoms with van der Waals surface area (Å²) in [6.45, 7) is 2.28. The minimum atomic E-state index is -4.51. The Morgan fingerprint density at radius 3 is 2.38 bits per heavy atom. The molecule has 1 aromatic rings. The van der Waals surface area contributed by atoms with Crippen LogP contribution in [0.1, 0.15) is 18.4 Å². The number of piperazine rings is 1. The summed E-state index contributed by atoms with van der Waals surface area (Å²) in [6.07, 6.45) is -2.59. The maximum absolute atomic E-state index is 12.8. The van der Waals surface area contributed by atoms with Crippen molar-refractivity contribution in [2.75, 3.05) is 38.0 Å². The zero-order chi connectivity index (χ0) is 18.9. The van der Waals surface area contributed by atoms with E-state index in [-0.39, 0.29) is 29.1 Å². The van der Waals surface area contributed by atoms with Crippen LogP contribution in [0.4, 0.5) is 18.9 Å². The molecule has 0 spiro atoms. The Morgan fingerprint density at radius 1 is 1.15 bits per heavy atom. The van der Waals surface area contributed by atoms with Crippen LogP contribution in [0, 0.1) is 5.92 Å². The monoisotopic (exact) mass is 389 g/mol. The fourth-order valence-corrected chi connectivity index (χ4v) is 3.07. The highest BCUT2D eigenvalue weighted by Crippen LogP contribution is 2.34. The molecule has 2 fully saturated rings. The van der Waals surface area contributed by atoms with E-state index in [2.05, 4.69) is 5.32 Å². The van der Waals surface area contributed by atoms with Crippen molar-refractivity contribution >= 4 is 29.1 Å². The number of nitrogens with zero attached hydrogens (tertiary/aromatic N) is 2. The number of hydrogen-bond acceptors (Lipinski definition) is 3. The van der Waals surface area contributed by atoms with Gasteiger partial charge in [0.2, 0.25) is 11.8 Å². The fraction of sp³-hybridized carbons (Fsp3) is 0.529. The summed E-state index contributed by atoms with van der Waals surface area (Å²) in [5.41, 5.74) is -0.932. The highest BCUT2D eigenvalue weighted by molar-refractivity contribution is 6.33. The van der Waals surface area contributed by atoms with Gasteiger partial charge in [-0.1, -0.05) is 11.6 Å². The molecule has 0 unspecified atom stereocenters. The standard InChI is InChI=1S/C17H19ClF3N3O2/c18-13-4-3-12(17(19,20)21)9-14(13)22-15(25)10-23-5-7-24(8-6-23)16(26)11-1-2-11/h3-4,9,11H,1-2,5-8,10H2,(H,22,25). The fourth-order valence-electron chi connectivity index (χ4n) is 2.91. The third kappa shape index (κ3) is 4.67. The van der Waals surface area contributed by atoms with Gasteiger partial charge in [0.1, 0.15) is 0 Å². The van der Waals surface area contributed by atoms with Crippen LogP contribution in [0.15, 0.2) is 18.2 Å².